The van der Waals surface area contributed by atoms with E-state index in [1.807, 2.05) is 31.2 Å². The van der Waals surface area contributed by atoms with Crippen LogP contribution in [0.5, 0.6) is 0 Å². The first-order chi connectivity index (χ1) is 22.0. The lowest BCUT2D eigenvalue weighted by molar-refractivity contribution is -0.268. The molecule has 0 aliphatic carbocycles. The van der Waals surface area contributed by atoms with E-state index < -0.39 is 42.4 Å². The Labute approximate surface area is 267 Å². The van der Waals surface area contributed by atoms with Gasteiger partial charge in [0.05, 0.1) is 24.4 Å². The van der Waals surface area contributed by atoms with Crippen LogP contribution in [0.1, 0.15) is 59.2 Å². The summed E-state index contributed by atoms with van der Waals surface area (Å²) in [4.78, 5) is 37.6. The van der Waals surface area contributed by atoms with E-state index in [2.05, 4.69) is 5.32 Å². The van der Waals surface area contributed by atoms with Gasteiger partial charge in [-0.1, -0.05) is 55.5 Å². The summed E-state index contributed by atoms with van der Waals surface area (Å²) < 4.78 is 51.9. The van der Waals surface area contributed by atoms with Crippen LogP contribution in [0.3, 0.4) is 0 Å². The van der Waals surface area contributed by atoms with Crippen LogP contribution in [-0.4, -0.2) is 63.5 Å². The van der Waals surface area contributed by atoms with Crippen molar-refractivity contribution in [3.63, 3.8) is 0 Å². The first-order valence-electron chi connectivity index (χ1n) is 14.7. The predicted octanol–water partition coefficient (Wildman–Crippen LogP) is 5.95. The molecule has 3 aromatic carbocycles. The number of nitrogens with zero attached hydrogens (tertiary/aromatic N) is 1. The number of hydrogen-bond donors (Lipinski definition) is 3. The minimum Gasteiger partial charge on any atom is -0.478 e. The molecule has 2 aliphatic heterocycles. The number of aromatic carboxylic acids is 1. The molecule has 0 bridgehead atoms. The molecule has 9 nitrogen and oxygen atoms in total. The van der Waals surface area contributed by atoms with Gasteiger partial charge in [0, 0.05) is 34.4 Å². The molecule has 0 aromatic heterocycles. The third kappa shape index (κ3) is 7.55. The Balaban J connectivity index is 1.33. The number of likely N-dealkylation sites (tertiary alicyclic amines) is 1. The smallest absolute Gasteiger partial charge is 0.471 e. The normalized spacial score (nSPS) is 23.2. The minimum atomic E-state index is -5.06. The topological polar surface area (TPSA) is 125 Å². The maximum absolute atomic E-state index is 13.0. The fraction of sp³-hybridized carbons (Fsp3) is 0.364. The van der Waals surface area contributed by atoms with Crippen LogP contribution in [-0.2, 0) is 25.7 Å². The van der Waals surface area contributed by atoms with Gasteiger partial charge in [-0.25, -0.2) is 4.79 Å². The van der Waals surface area contributed by atoms with Crippen molar-refractivity contribution < 1.29 is 47.2 Å². The van der Waals surface area contributed by atoms with Gasteiger partial charge < -0.3 is 29.9 Å². The molecule has 5 unspecified atom stereocenters. The minimum absolute atomic E-state index is 0.102. The zero-order valence-electron chi connectivity index (χ0n) is 24.8. The van der Waals surface area contributed by atoms with E-state index in [0.29, 0.717) is 33.2 Å². The third-order valence-corrected chi connectivity index (χ3v) is 9.32. The maximum Gasteiger partial charge on any atom is 0.471 e. The number of thioether (sulfide) groups is 1. The van der Waals surface area contributed by atoms with Gasteiger partial charge in [-0.3, -0.25) is 9.59 Å². The van der Waals surface area contributed by atoms with Gasteiger partial charge in [-0.05, 0) is 48.2 Å². The van der Waals surface area contributed by atoms with Gasteiger partial charge in [0.1, 0.15) is 6.04 Å². The monoisotopic (exact) mass is 658 g/mol. The largest absolute Gasteiger partial charge is 0.478 e. The Morgan fingerprint density at radius 2 is 1.65 bits per heavy atom. The molecule has 3 N–H and O–H groups in total. The predicted molar refractivity (Wildman–Crippen MR) is 163 cm³/mol. The number of rotatable bonds is 9. The number of carbonyl (C=O) groups is 3. The van der Waals surface area contributed by atoms with Crippen molar-refractivity contribution in [2.24, 2.45) is 5.92 Å². The second-order valence-corrected chi connectivity index (χ2v) is 12.3. The summed E-state index contributed by atoms with van der Waals surface area (Å²) in [5.74, 6) is -3.47. The molecule has 2 saturated heterocycles. The van der Waals surface area contributed by atoms with E-state index >= 15 is 0 Å². The Bertz CT molecular complexity index is 1550. The van der Waals surface area contributed by atoms with Gasteiger partial charge in [0.2, 0.25) is 5.91 Å². The number of halogens is 3. The van der Waals surface area contributed by atoms with Gasteiger partial charge in [0.15, 0.2) is 6.29 Å². The fourth-order valence-electron chi connectivity index (χ4n) is 5.65. The number of nitrogens with one attached hydrogen (secondary N) is 1. The fourth-order valence-corrected chi connectivity index (χ4v) is 6.86. The summed E-state index contributed by atoms with van der Waals surface area (Å²) in [6.45, 7) is 1.74. The van der Waals surface area contributed by atoms with Crippen LogP contribution in [0.25, 0.3) is 0 Å². The van der Waals surface area contributed by atoms with E-state index in [1.165, 1.54) is 11.8 Å². The molecular weight excluding hydrogens is 625 g/mol. The van der Waals surface area contributed by atoms with Gasteiger partial charge >= 0.3 is 18.1 Å². The first-order valence-corrected chi connectivity index (χ1v) is 15.7. The second-order valence-electron chi connectivity index (χ2n) is 11.2. The molecule has 0 radical (unpaired) electrons. The molecule has 5 rings (SSSR count). The molecule has 3 aromatic rings. The van der Waals surface area contributed by atoms with Crippen molar-refractivity contribution in [1.29, 1.82) is 0 Å². The number of carboxylic acid groups (broad SMARTS) is 1. The van der Waals surface area contributed by atoms with Crippen LogP contribution < -0.4 is 5.32 Å². The number of benzene rings is 3. The number of aliphatic hydroxyl groups excluding tert-OH is 1. The van der Waals surface area contributed by atoms with Crippen LogP contribution in [0.4, 0.5) is 18.9 Å². The summed E-state index contributed by atoms with van der Waals surface area (Å²) in [6, 6.07) is 19.4. The summed E-state index contributed by atoms with van der Waals surface area (Å²) in [5, 5.41) is 21.7. The lowest BCUT2D eigenvalue weighted by Gasteiger charge is -2.41. The molecule has 2 heterocycles. The molecule has 13 heteroatoms. The summed E-state index contributed by atoms with van der Waals surface area (Å²) in [6.07, 6.45) is -6.25. The molecule has 2 fully saturated rings. The molecule has 2 amide bonds. The number of amides is 2. The number of anilines is 1. The lowest BCUT2D eigenvalue weighted by Crippen LogP contribution is -2.48. The Morgan fingerprint density at radius 3 is 2.30 bits per heavy atom. The SMILES string of the molecule is CC1C(CSc2ccccc2C(=O)O)OC(c2ccc(NC(=O)C3CCCN3C(=O)C(F)(F)F)cc2)OC1c1ccc(CO)cc1. The van der Waals surface area contributed by atoms with E-state index in [9.17, 15) is 37.8 Å². The molecular formula is C33H33F3N2O7S. The average Bonchev–Trinajstić information content (AvgIpc) is 3.54. The van der Waals surface area contributed by atoms with Crippen molar-refractivity contribution in [2.75, 3.05) is 17.6 Å². The van der Waals surface area contributed by atoms with Crippen LogP contribution in [0.2, 0.25) is 0 Å². The van der Waals surface area contributed by atoms with Crippen LogP contribution in [0, 0.1) is 5.92 Å². The number of carbonyl (C=O) groups excluding carboxylic acids is 2. The Hall–Kier alpha value is -3.91. The van der Waals surface area contributed by atoms with Gasteiger partial charge in [0.25, 0.3) is 0 Å². The third-order valence-electron chi connectivity index (χ3n) is 8.15. The number of hydrogen-bond acceptors (Lipinski definition) is 7. The maximum atomic E-state index is 13.0. The summed E-state index contributed by atoms with van der Waals surface area (Å²) >= 11 is 1.37. The Kier molecular flexibility index (Phi) is 10.4. The lowest BCUT2D eigenvalue weighted by atomic mass is 9.91. The van der Waals surface area contributed by atoms with Crippen molar-refractivity contribution in [1.82, 2.24) is 4.90 Å². The average molecular weight is 659 g/mol. The van der Waals surface area contributed by atoms with Crippen LogP contribution in [0.15, 0.2) is 77.7 Å². The highest BCUT2D eigenvalue weighted by atomic mass is 32.2. The van der Waals surface area contributed by atoms with Gasteiger partial charge in [-0.2, -0.15) is 13.2 Å². The van der Waals surface area contributed by atoms with E-state index in [1.54, 1.807) is 48.5 Å². The second kappa shape index (κ2) is 14.2. The number of aliphatic hydroxyl groups is 1. The zero-order chi connectivity index (χ0) is 33.0. The van der Waals surface area contributed by atoms with E-state index in [0.717, 1.165) is 11.1 Å². The number of alkyl halides is 3. The molecule has 2 aliphatic rings. The van der Waals surface area contributed by atoms with Gasteiger partial charge in [-0.15, -0.1) is 11.8 Å². The molecule has 46 heavy (non-hydrogen) atoms. The van der Waals surface area contributed by atoms with Crippen molar-refractivity contribution >= 4 is 35.2 Å². The summed E-state index contributed by atoms with van der Waals surface area (Å²) in [5.41, 5.74) is 2.77. The zero-order valence-corrected chi connectivity index (χ0v) is 25.6. The van der Waals surface area contributed by atoms with Crippen molar-refractivity contribution in [3.05, 3.63) is 95.1 Å². The number of carboxylic acids is 1. The highest BCUT2D eigenvalue weighted by Gasteiger charge is 2.47. The Morgan fingerprint density at radius 1 is 0.978 bits per heavy atom. The molecule has 0 saturated carbocycles. The highest BCUT2D eigenvalue weighted by Crippen LogP contribution is 2.43. The van der Waals surface area contributed by atoms with Crippen molar-refractivity contribution in [3.8, 4) is 0 Å². The van der Waals surface area contributed by atoms with E-state index in [4.69, 9.17) is 9.47 Å². The van der Waals surface area contributed by atoms with E-state index in [-0.39, 0.29) is 37.2 Å². The number of ether oxygens (including phenoxy) is 2. The molecule has 5 atom stereocenters. The quantitative estimate of drug-likeness (QED) is 0.241. The van der Waals surface area contributed by atoms with Crippen LogP contribution >= 0.6 is 11.8 Å². The molecule has 244 valence electrons. The first kappa shape index (κ1) is 33.5. The highest BCUT2D eigenvalue weighted by molar-refractivity contribution is 7.99. The molecule has 0 spiro atoms. The summed E-state index contributed by atoms with van der Waals surface area (Å²) in [7, 11) is 0. The van der Waals surface area contributed by atoms with Crippen molar-refractivity contribution in [2.45, 2.75) is 62.0 Å². The standard InChI is InChI=1S/C33H33F3N2O7S/c1-19-26(18-46-27-7-3-2-5-24(27)30(41)42)44-31(45-28(19)21-10-8-20(17-39)9-11-21)22-12-14-23(15-13-22)37-29(40)25-6-4-16-38(25)32(43)33(34,35)36/h2-3,5,7-15,19,25-26,28,31,39H,4,6,16-18H2,1H3,(H,37,40)(H,41,42).